The van der Waals surface area contributed by atoms with Crippen LogP contribution in [0.2, 0.25) is 0 Å². The number of carboxylic acids is 1. The Hall–Kier alpha value is -2.55. The van der Waals surface area contributed by atoms with Crippen LogP contribution in [0, 0.1) is 12.3 Å². The third-order valence-corrected chi connectivity index (χ3v) is 4.54. The highest BCUT2D eigenvalue weighted by atomic mass is 16.6. The summed E-state index contributed by atoms with van der Waals surface area (Å²) < 4.78 is 47.2. The molecule has 0 heterocycles. The molecule has 238 valence electrons. The van der Waals surface area contributed by atoms with E-state index in [-0.39, 0.29) is 32.0 Å². The number of hydrogen-bond donors (Lipinski definition) is 3. The Morgan fingerprint density at radius 2 is 0.902 bits per heavy atom. The summed E-state index contributed by atoms with van der Waals surface area (Å²) in [4.78, 5) is 33.2. The van der Waals surface area contributed by atoms with E-state index in [1.54, 1.807) is 0 Å². The predicted octanol–water partition coefficient (Wildman–Crippen LogP) is -0.540. The normalized spacial score (nSPS) is 10.7. The van der Waals surface area contributed by atoms with Crippen molar-refractivity contribution in [3.63, 3.8) is 0 Å². The van der Waals surface area contributed by atoms with Crippen molar-refractivity contribution < 1.29 is 62.1 Å². The van der Waals surface area contributed by atoms with Crippen molar-refractivity contribution in [3.8, 4) is 12.3 Å². The fourth-order valence-electron chi connectivity index (χ4n) is 2.58. The maximum absolute atomic E-state index is 11.8. The van der Waals surface area contributed by atoms with Gasteiger partial charge in [0.05, 0.1) is 112 Å². The fourth-order valence-corrected chi connectivity index (χ4v) is 2.58. The van der Waals surface area contributed by atoms with Crippen LogP contribution in [0.4, 0.5) is 4.79 Å². The molecule has 0 rings (SSSR count). The van der Waals surface area contributed by atoms with Crippen molar-refractivity contribution in [2.45, 2.75) is 12.8 Å². The number of terminal acetylenes is 1. The molecule has 0 aliphatic heterocycles. The van der Waals surface area contributed by atoms with Gasteiger partial charge < -0.3 is 58.4 Å². The van der Waals surface area contributed by atoms with E-state index in [1.807, 2.05) is 0 Å². The van der Waals surface area contributed by atoms with Crippen molar-refractivity contribution in [2.24, 2.45) is 0 Å². The molecule has 0 atom stereocenters. The van der Waals surface area contributed by atoms with E-state index in [0.29, 0.717) is 112 Å². The number of carbonyl (C=O) groups is 3. The second-order valence-corrected chi connectivity index (χ2v) is 7.85. The SMILES string of the molecule is C#CCOC(=O)NCCOCCOCCOCCOCCC(=O)NCCOCCOCCOCCOCCC(=O)O. The molecule has 0 fully saturated rings. The average Bonchev–Trinajstić information content (AvgIpc) is 2.95. The number of rotatable bonds is 31. The number of ether oxygens (including phenoxy) is 9. The molecule has 41 heavy (non-hydrogen) atoms. The Kier molecular flexibility index (Phi) is 30.0. The summed E-state index contributed by atoms with van der Waals surface area (Å²) >= 11 is 0. The molecule has 0 aliphatic carbocycles. The summed E-state index contributed by atoms with van der Waals surface area (Å²) in [5, 5.41) is 13.7. The van der Waals surface area contributed by atoms with E-state index in [9.17, 15) is 14.4 Å². The van der Waals surface area contributed by atoms with Crippen LogP contribution < -0.4 is 10.6 Å². The highest BCUT2D eigenvalue weighted by molar-refractivity contribution is 5.75. The third-order valence-electron chi connectivity index (χ3n) is 4.54. The molecule has 0 spiro atoms. The Bertz CT molecular complexity index is 676. The van der Waals surface area contributed by atoms with Gasteiger partial charge in [-0.2, -0.15) is 0 Å². The molecule has 0 aromatic rings. The van der Waals surface area contributed by atoms with Gasteiger partial charge in [0.15, 0.2) is 6.61 Å². The topological polar surface area (TPSA) is 179 Å². The lowest BCUT2D eigenvalue weighted by atomic mass is 10.4. The minimum absolute atomic E-state index is 0.0195. The zero-order chi connectivity index (χ0) is 30.1. The summed E-state index contributed by atoms with van der Waals surface area (Å²) in [5.74, 6) is 1.19. The van der Waals surface area contributed by atoms with E-state index in [1.165, 1.54) is 0 Å². The first kappa shape index (κ1) is 38.5. The third kappa shape index (κ3) is 33.6. The molecule has 0 aromatic carbocycles. The van der Waals surface area contributed by atoms with Crippen molar-refractivity contribution in [3.05, 3.63) is 0 Å². The highest BCUT2D eigenvalue weighted by Gasteiger charge is 2.02. The van der Waals surface area contributed by atoms with Gasteiger partial charge in [-0.25, -0.2) is 4.79 Å². The van der Waals surface area contributed by atoms with Crippen LogP contribution in [0.5, 0.6) is 0 Å². The van der Waals surface area contributed by atoms with Gasteiger partial charge in [-0.05, 0) is 0 Å². The smallest absolute Gasteiger partial charge is 0.408 e. The number of nitrogens with one attached hydrogen (secondary N) is 2. The minimum atomic E-state index is -0.890. The average molecular weight is 595 g/mol. The number of alkyl carbamates (subject to hydrolysis) is 1. The molecule has 0 saturated heterocycles. The predicted molar refractivity (Wildman–Crippen MR) is 145 cm³/mol. The molecule has 2 amide bonds. The summed E-state index contributed by atoms with van der Waals surface area (Å²) in [6.07, 6.45) is 4.63. The van der Waals surface area contributed by atoms with E-state index in [4.69, 9.17) is 49.4 Å². The van der Waals surface area contributed by atoms with E-state index >= 15 is 0 Å². The van der Waals surface area contributed by atoms with Crippen molar-refractivity contribution in [1.29, 1.82) is 0 Å². The largest absolute Gasteiger partial charge is 0.481 e. The van der Waals surface area contributed by atoms with Gasteiger partial charge in [0, 0.05) is 19.5 Å². The van der Waals surface area contributed by atoms with Gasteiger partial charge in [-0.1, -0.05) is 5.92 Å². The summed E-state index contributed by atoms with van der Waals surface area (Å²) in [6.45, 7) is 6.60. The minimum Gasteiger partial charge on any atom is -0.481 e. The number of hydrogen-bond acceptors (Lipinski definition) is 12. The zero-order valence-electron chi connectivity index (χ0n) is 23.8. The summed E-state index contributed by atoms with van der Waals surface area (Å²) in [7, 11) is 0. The van der Waals surface area contributed by atoms with Gasteiger partial charge in [0.1, 0.15) is 0 Å². The van der Waals surface area contributed by atoms with E-state index in [2.05, 4.69) is 21.3 Å². The number of carbonyl (C=O) groups excluding carboxylic acids is 2. The quantitative estimate of drug-likeness (QED) is 0.0689. The molecule has 15 nitrogen and oxygen atoms in total. The monoisotopic (exact) mass is 594 g/mol. The van der Waals surface area contributed by atoms with E-state index < -0.39 is 12.1 Å². The number of amides is 2. The molecule has 0 radical (unpaired) electrons. The first-order valence-electron chi connectivity index (χ1n) is 13.5. The highest BCUT2D eigenvalue weighted by Crippen LogP contribution is 1.88. The van der Waals surface area contributed by atoms with Gasteiger partial charge in [0.25, 0.3) is 0 Å². The maximum Gasteiger partial charge on any atom is 0.408 e. The zero-order valence-corrected chi connectivity index (χ0v) is 23.8. The van der Waals surface area contributed by atoms with Crippen LogP contribution in [-0.4, -0.2) is 148 Å². The van der Waals surface area contributed by atoms with Crippen LogP contribution in [0.25, 0.3) is 0 Å². The molecular formula is C26H46N2O13. The maximum atomic E-state index is 11.8. The van der Waals surface area contributed by atoms with Gasteiger partial charge in [0.2, 0.25) is 5.91 Å². The summed E-state index contributed by atoms with van der Waals surface area (Å²) in [6, 6.07) is 0. The molecule has 0 bridgehead atoms. The van der Waals surface area contributed by atoms with Gasteiger partial charge >= 0.3 is 12.1 Å². The fraction of sp³-hybridized carbons (Fsp3) is 0.808. The Labute approximate surface area is 241 Å². The molecule has 0 saturated carbocycles. The van der Waals surface area contributed by atoms with Crippen molar-refractivity contribution in [2.75, 3.05) is 125 Å². The van der Waals surface area contributed by atoms with Gasteiger partial charge in [-0.15, -0.1) is 6.42 Å². The molecule has 3 N–H and O–H groups in total. The first-order valence-corrected chi connectivity index (χ1v) is 13.5. The second-order valence-electron chi connectivity index (χ2n) is 7.85. The lowest BCUT2D eigenvalue weighted by molar-refractivity contribution is -0.138. The molecular weight excluding hydrogens is 548 g/mol. The molecule has 0 unspecified atom stereocenters. The second kappa shape index (κ2) is 32.0. The first-order chi connectivity index (χ1) is 20.1. The molecule has 15 heteroatoms. The van der Waals surface area contributed by atoms with Crippen LogP contribution in [0.3, 0.4) is 0 Å². The lowest BCUT2D eigenvalue weighted by Gasteiger charge is -2.09. The number of aliphatic carboxylic acids is 1. The van der Waals surface area contributed by atoms with Crippen LogP contribution in [-0.2, 0) is 52.2 Å². The van der Waals surface area contributed by atoms with Crippen LogP contribution in [0.15, 0.2) is 0 Å². The molecule has 0 aromatic heterocycles. The molecule has 0 aliphatic rings. The Morgan fingerprint density at radius 3 is 1.32 bits per heavy atom. The van der Waals surface area contributed by atoms with E-state index in [0.717, 1.165) is 0 Å². The lowest BCUT2D eigenvalue weighted by Crippen LogP contribution is -2.28. The Balaban J connectivity index is 3.20. The van der Waals surface area contributed by atoms with Crippen LogP contribution in [0.1, 0.15) is 12.8 Å². The Morgan fingerprint density at radius 1 is 0.537 bits per heavy atom. The van der Waals surface area contributed by atoms with Crippen molar-refractivity contribution >= 4 is 18.0 Å². The van der Waals surface area contributed by atoms with Crippen molar-refractivity contribution in [1.82, 2.24) is 10.6 Å². The summed E-state index contributed by atoms with van der Waals surface area (Å²) in [5.41, 5.74) is 0. The van der Waals surface area contributed by atoms with Gasteiger partial charge in [-0.3, -0.25) is 9.59 Å². The number of carboxylic acid groups (broad SMARTS) is 1. The standard InChI is InChI=1S/C26H46N2O13/c1-2-7-41-26(32)28-6-11-36-15-19-40-22-20-37-16-12-33-8-3-24(29)27-5-10-35-14-18-39-23-21-38-17-13-34-9-4-25(30)31/h1H,3-23H2,(H,27,29)(H,28,32)(H,30,31). The van der Waals surface area contributed by atoms with Crippen LogP contribution >= 0.6 is 0 Å².